The molecule has 0 atom stereocenters. The second-order valence-corrected chi connectivity index (χ2v) is 40.2. The summed E-state index contributed by atoms with van der Waals surface area (Å²) in [7, 11) is -8.17. The Hall–Kier alpha value is -10.1. The second kappa shape index (κ2) is 32.8. The molecule has 123 heavy (non-hydrogen) atoms. The van der Waals surface area contributed by atoms with Gasteiger partial charge in [-0.2, -0.15) is 0 Å². The normalized spacial score (nSPS) is 17.8. The molecule has 4 fully saturated rings. The lowest BCUT2D eigenvalue weighted by Gasteiger charge is -2.32. The Balaban J connectivity index is 0.000000115. The molecule has 0 radical (unpaired) electrons. The summed E-state index contributed by atoms with van der Waals surface area (Å²) in [5, 5.41) is 2.02. The van der Waals surface area contributed by atoms with Crippen molar-refractivity contribution in [1.29, 1.82) is 0 Å². The molecule has 1 N–H and O–H groups in total. The molecule has 14 aromatic rings. The fourth-order valence-electron chi connectivity index (χ4n) is 15.8. The molecule has 21 rings (SSSR count). The Morgan fingerprint density at radius 1 is 0.423 bits per heavy atom. The first-order valence-corrected chi connectivity index (χ1v) is 46.1. The summed E-state index contributed by atoms with van der Waals surface area (Å²) in [6.07, 6.45) is 6.37. The number of thiophene rings is 3. The molecule has 7 aliphatic rings. The highest BCUT2D eigenvalue weighted by molar-refractivity contribution is 9.10. The molecule has 34 heteroatoms. The maximum Gasteiger partial charge on any atom is 0.586 e. The molecular formula is C89H81BBrF6N9O12S5. The Morgan fingerprint density at radius 2 is 0.797 bits per heavy atom. The van der Waals surface area contributed by atoms with Crippen LogP contribution in [0, 0.1) is 13.8 Å². The third-order valence-corrected chi connectivity index (χ3v) is 29.9. The van der Waals surface area contributed by atoms with Crippen molar-refractivity contribution >= 4 is 115 Å². The average Bonchev–Trinajstić information content (AvgIpc) is 1.60. The maximum absolute atomic E-state index is 13.8. The van der Waals surface area contributed by atoms with Crippen LogP contribution in [0.15, 0.2) is 209 Å². The van der Waals surface area contributed by atoms with Crippen LogP contribution in [0.25, 0.3) is 87.4 Å². The minimum Gasteiger partial charge on any atom is -0.399 e. The minimum atomic E-state index is -4.01. The van der Waals surface area contributed by atoms with Crippen molar-refractivity contribution in [2.45, 2.75) is 140 Å². The van der Waals surface area contributed by atoms with Gasteiger partial charge in [0.15, 0.2) is 45.8 Å². The van der Waals surface area contributed by atoms with Crippen LogP contribution in [0.5, 0.6) is 34.5 Å². The van der Waals surface area contributed by atoms with E-state index in [2.05, 4.69) is 149 Å². The molecule has 0 bridgehead atoms. The van der Waals surface area contributed by atoms with E-state index in [9.17, 15) is 43.2 Å². The number of rotatable bonds is 16. The van der Waals surface area contributed by atoms with E-state index in [1.807, 2.05) is 43.6 Å². The van der Waals surface area contributed by atoms with Crippen LogP contribution in [0.1, 0.15) is 92.0 Å². The van der Waals surface area contributed by atoms with Gasteiger partial charge in [0.2, 0.25) is 0 Å². The monoisotopic (exact) mass is 1830 g/mol. The van der Waals surface area contributed by atoms with E-state index in [0.717, 1.165) is 90.0 Å². The van der Waals surface area contributed by atoms with Gasteiger partial charge in [0.25, 0.3) is 20.0 Å². The number of aromatic nitrogens is 6. The summed E-state index contributed by atoms with van der Waals surface area (Å²) >= 11 is 8.65. The van der Waals surface area contributed by atoms with Gasteiger partial charge < -0.3 is 42.7 Å². The van der Waals surface area contributed by atoms with E-state index in [0.29, 0.717) is 37.5 Å². The Morgan fingerprint density at radius 3 is 1.24 bits per heavy atom. The van der Waals surface area contributed by atoms with Gasteiger partial charge in [-0.1, -0.05) is 59.7 Å². The summed E-state index contributed by atoms with van der Waals surface area (Å²) in [5.74, 6) is -0.361. The van der Waals surface area contributed by atoms with Crippen LogP contribution in [0.3, 0.4) is 0 Å². The molecule has 9 aromatic heterocycles. The summed E-state index contributed by atoms with van der Waals surface area (Å²) < 4.78 is 179. The highest BCUT2D eigenvalue weighted by Crippen LogP contribution is 2.49. The Labute approximate surface area is 726 Å². The fraction of sp³-hybridized carbons (Fsp3) is 0.292. The number of halogens is 7. The second-order valence-electron chi connectivity index (χ2n) is 32.1. The lowest BCUT2D eigenvalue weighted by atomic mass is 9.88. The van der Waals surface area contributed by atoms with Gasteiger partial charge in [-0.15, -0.1) is 60.4 Å². The number of likely N-dealkylation sites (tertiary alicyclic amines) is 3. The van der Waals surface area contributed by atoms with Gasteiger partial charge in [0, 0.05) is 134 Å². The Bertz CT molecular complexity index is 6590. The van der Waals surface area contributed by atoms with E-state index in [1.165, 1.54) is 150 Å². The topological polar surface area (TPSA) is 216 Å². The molecule has 4 saturated heterocycles. The fourth-order valence-corrected chi connectivity index (χ4v) is 21.8. The number of nitrogens with zero attached hydrogens (tertiary/aromatic N) is 8. The maximum atomic E-state index is 13.8. The molecule has 0 spiro atoms. The van der Waals surface area contributed by atoms with Crippen molar-refractivity contribution in [2.75, 3.05) is 39.3 Å². The number of hydrogen-bond acceptors (Lipinski definition) is 21. The number of ether oxygens (including phenoxy) is 6. The predicted molar refractivity (Wildman–Crippen MR) is 466 cm³/mol. The van der Waals surface area contributed by atoms with E-state index in [-0.39, 0.29) is 73.9 Å². The molecule has 0 saturated carbocycles. The van der Waals surface area contributed by atoms with Crippen molar-refractivity contribution in [2.24, 2.45) is 0 Å². The van der Waals surface area contributed by atoms with Gasteiger partial charge >= 0.3 is 26.0 Å². The zero-order chi connectivity index (χ0) is 85.7. The number of nitrogens with one attached hydrogen (secondary N) is 1. The summed E-state index contributed by atoms with van der Waals surface area (Å²) in [6, 6.07) is 45.2. The van der Waals surface area contributed by atoms with Crippen molar-refractivity contribution in [3.8, 4) is 88.8 Å². The zero-order valence-electron chi connectivity index (χ0n) is 67.3. The molecular weight excluding hydrogens is 1750 g/mol. The van der Waals surface area contributed by atoms with Crippen LogP contribution in [0.4, 0.5) is 26.3 Å². The van der Waals surface area contributed by atoms with Crippen LogP contribution in [-0.4, -0.2) is 136 Å². The quantitative estimate of drug-likeness (QED) is 0.0703. The predicted octanol–water partition coefficient (Wildman–Crippen LogP) is 20.7. The largest absolute Gasteiger partial charge is 0.586 e. The Kier molecular flexibility index (Phi) is 22.3. The molecule has 21 nitrogen and oxygen atoms in total. The van der Waals surface area contributed by atoms with E-state index in [4.69, 9.17) is 9.31 Å². The molecule has 0 aliphatic carbocycles. The van der Waals surface area contributed by atoms with E-state index >= 15 is 0 Å². The molecule has 7 aliphatic heterocycles. The van der Waals surface area contributed by atoms with Crippen molar-refractivity contribution in [1.82, 2.24) is 42.6 Å². The molecule has 0 amide bonds. The lowest BCUT2D eigenvalue weighted by Crippen LogP contribution is -2.41. The standard InChI is InChI=1S/C30H25F2N3O4S2.C23H19F2N3O2S.C21H13BrF2N2O4S.C15H24BNO2S/c1-19-4-8-23(9-5-19)41(36,37)35-18-25(20-6-10-26-27(15-20)39-30(31,32)38-26)24-14-21(16-33-29(24)35)28-11-7-22(40-28)17-34-12-2-3-13-34;24-23(25)29-19-5-3-14(10-20(19)30-23)18-12-27-22-17(18)9-15(11-26-22)21-6-4-16(31-21)13-28-7-1-2-8-28;1-12-2-5-15(6-3-12)31(27,28)26-11-17(16-9-14(22)10-25-20(16)26)13-4-7-18-19(8-13)30-21(23,24)29-18;1-14(2)15(3,4)19-16(18-14)13-8-7-12(20-13)11-17-9-5-6-10-17/h4-11,14-16,18H,2-3,12-13,17H2,1H3;3-6,9-12H,1-2,7-8,13H2,(H,26,27);2-11H,1H3;7-8H,5-6,9-11H2,1-4H3. The van der Waals surface area contributed by atoms with Crippen LogP contribution < -0.4 is 33.2 Å². The summed E-state index contributed by atoms with van der Waals surface area (Å²) in [6.45, 7) is 22.2. The highest BCUT2D eigenvalue weighted by atomic mass is 79.9. The lowest BCUT2D eigenvalue weighted by molar-refractivity contribution is -0.287. The van der Waals surface area contributed by atoms with Gasteiger partial charge in [-0.05, 0) is 261 Å². The third kappa shape index (κ3) is 17.5. The smallest absolute Gasteiger partial charge is 0.399 e. The van der Waals surface area contributed by atoms with Crippen LogP contribution >= 0.6 is 49.9 Å². The van der Waals surface area contributed by atoms with Crippen molar-refractivity contribution in [3.05, 3.63) is 225 Å². The first-order chi connectivity index (χ1) is 58.7. The number of hydrogen-bond donors (Lipinski definition) is 1. The molecule has 0 unspecified atom stereocenters. The number of alkyl halides is 6. The van der Waals surface area contributed by atoms with Gasteiger partial charge in [-0.3, -0.25) is 14.7 Å². The highest BCUT2D eigenvalue weighted by Gasteiger charge is 2.53. The number of pyridine rings is 3. The van der Waals surface area contributed by atoms with Gasteiger partial charge in [-0.25, -0.2) is 39.7 Å². The molecule has 636 valence electrons. The summed E-state index contributed by atoms with van der Waals surface area (Å²) in [4.78, 5) is 30.5. The number of aryl methyl sites for hydroxylation is 2. The van der Waals surface area contributed by atoms with Crippen LogP contribution in [0.2, 0.25) is 0 Å². The first kappa shape index (κ1) is 83.8. The van der Waals surface area contributed by atoms with E-state index < -0.39 is 38.9 Å². The van der Waals surface area contributed by atoms with Crippen molar-refractivity contribution < 1.29 is 80.9 Å². The number of H-pyrrole nitrogens is 1. The van der Waals surface area contributed by atoms with Crippen LogP contribution in [-0.2, 0) is 49.0 Å². The summed E-state index contributed by atoms with van der Waals surface area (Å²) in [5.41, 5.74) is 8.03. The number of aromatic amines is 1. The number of benzene rings is 5. The van der Waals surface area contributed by atoms with Crippen molar-refractivity contribution in [3.63, 3.8) is 0 Å². The SMILES string of the molecule is CC1(C)OB(c2ccc(CN3CCCC3)s2)OC1(C)C.Cc1ccc(S(=O)(=O)n2cc(-c3ccc4c(c3)OC(F)(F)O4)c3cc(-c4ccc(CN5CCCC5)s4)cnc32)cc1.Cc1ccc(S(=O)(=O)n2cc(-c3ccc4c(c3)OC(F)(F)O4)c3cc(Br)cnc32)cc1.FC1(F)Oc2ccc(-c3c[nH]c4ncc(-c5ccc(CN6CCCC6)s5)cc34)cc2O1. The van der Waals surface area contributed by atoms with Gasteiger partial charge in [0.1, 0.15) is 5.65 Å². The minimum absolute atomic E-state index is 0.0331. The van der Waals surface area contributed by atoms with Gasteiger partial charge in [0.05, 0.1) is 21.0 Å². The molecule has 5 aromatic carbocycles. The average molecular weight is 1830 g/mol. The molecule has 16 heterocycles. The zero-order valence-corrected chi connectivity index (χ0v) is 73.0. The number of fused-ring (bicyclic) bond motifs is 6. The van der Waals surface area contributed by atoms with E-state index in [1.54, 1.807) is 95.6 Å². The first-order valence-electron chi connectivity index (χ1n) is 40.0. The third-order valence-electron chi connectivity index (χ3n) is 22.8.